The van der Waals surface area contributed by atoms with E-state index in [4.69, 9.17) is 0 Å². The molecule has 94 valence electrons. The Morgan fingerprint density at radius 1 is 1.00 bits per heavy atom. The van der Waals surface area contributed by atoms with Crippen molar-refractivity contribution in [3.63, 3.8) is 0 Å². The van der Waals surface area contributed by atoms with Gasteiger partial charge >= 0.3 is 0 Å². The van der Waals surface area contributed by atoms with Crippen molar-refractivity contribution < 1.29 is 4.79 Å². The van der Waals surface area contributed by atoms with E-state index in [0.717, 1.165) is 18.7 Å². The maximum absolute atomic E-state index is 12.0. The Kier molecular flexibility index (Phi) is 6.23. The minimum atomic E-state index is 0. The Hall–Kier alpha value is -0.860. The molecule has 0 N–H and O–H groups in total. The number of nitrogens with zero attached hydrogens (tertiary/aromatic N) is 1. The van der Waals surface area contributed by atoms with E-state index in [-0.39, 0.29) is 18.2 Å². The molecule has 0 amide bonds. The summed E-state index contributed by atoms with van der Waals surface area (Å²) in [5.41, 5.74) is 0.840. The van der Waals surface area contributed by atoms with Crippen LogP contribution in [0.25, 0.3) is 0 Å². The van der Waals surface area contributed by atoms with Crippen LogP contribution in [0.2, 0.25) is 0 Å². The molecule has 0 aromatic heterocycles. The lowest BCUT2D eigenvalue weighted by molar-refractivity contribution is 0.0933. The molecule has 1 aromatic rings. The maximum Gasteiger partial charge on any atom is 0.176 e. The molecule has 1 aliphatic rings. The van der Waals surface area contributed by atoms with Crippen LogP contribution in [0.1, 0.15) is 36.0 Å². The second-order valence-corrected chi connectivity index (χ2v) is 4.48. The zero-order chi connectivity index (χ0) is 11.2. The van der Waals surface area contributed by atoms with Crippen LogP contribution in [0.15, 0.2) is 30.3 Å². The second-order valence-electron chi connectivity index (χ2n) is 4.48. The van der Waals surface area contributed by atoms with Crippen LogP contribution < -0.4 is 0 Å². The van der Waals surface area contributed by atoms with Gasteiger partial charge in [-0.15, -0.1) is 12.4 Å². The minimum Gasteiger partial charge on any atom is -0.296 e. The number of halogens is 1. The smallest absolute Gasteiger partial charge is 0.176 e. The second kappa shape index (κ2) is 7.46. The van der Waals surface area contributed by atoms with Gasteiger partial charge in [-0.2, -0.15) is 0 Å². The third-order valence-corrected chi connectivity index (χ3v) is 3.16. The molecule has 1 aromatic carbocycles. The molecule has 2 rings (SSSR count). The molecule has 0 saturated carbocycles. The van der Waals surface area contributed by atoms with Crippen LogP contribution in [-0.2, 0) is 0 Å². The Morgan fingerprint density at radius 3 is 2.18 bits per heavy atom. The molecule has 2 nitrogen and oxygen atoms in total. The lowest BCUT2D eigenvalue weighted by Crippen LogP contribution is -2.30. The maximum atomic E-state index is 12.0. The predicted molar refractivity (Wildman–Crippen MR) is 72.9 cm³/mol. The molecule has 0 aliphatic carbocycles. The Bertz CT molecular complexity index is 331. The van der Waals surface area contributed by atoms with Crippen molar-refractivity contribution in [2.24, 2.45) is 0 Å². The lowest BCUT2D eigenvalue weighted by Gasteiger charge is -2.18. The number of rotatable bonds is 3. The van der Waals surface area contributed by atoms with E-state index in [0.29, 0.717) is 6.54 Å². The lowest BCUT2D eigenvalue weighted by atomic mass is 10.1. The zero-order valence-corrected chi connectivity index (χ0v) is 10.9. The Balaban J connectivity index is 0.00000144. The highest BCUT2D eigenvalue weighted by Crippen LogP contribution is 2.10. The number of likely N-dealkylation sites (tertiary alicyclic amines) is 1. The minimum absolute atomic E-state index is 0. The summed E-state index contributed by atoms with van der Waals surface area (Å²) in [6, 6.07) is 9.61. The first kappa shape index (κ1) is 14.2. The van der Waals surface area contributed by atoms with E-state index in [1.165, 1.54) is 25.7 Å². The highest BCUT2D eigenvalue weighted by atomic mass is 35.5. The van der Waals surface area contributed by atoms with Crippen LogP contribution in [0.3, 0.4) is 0 Å². The molecule has 0 unspecified atom stereocenters. The molecular weight excluding hydrogens is 234 g/mol. The molecular formula is C14H20ClNO. The van der Waals surface area contributed by atoms with E-state index in [1.807, 2.05) is 30.3 Å². The van der Waals surface area contributed by atoms with Gasteiger partial charge in [0.15, 0.2) is 5.78 Å². The number of carbonyl (C=O) groups excluding carboxylic acids is 1. The van der Waals surface area contributed by atoms with E-state index in [1.54, 1.807) is 0 Å². The first-order valence-electron chi connectivity index (χ1n) is 6.17. The van der Waals surface area contributed by atoms with Gasteiger partial charge in [0.05, 0.1) is 6.54 Å². The fourth-order valence-corrected chi connectivity index (χ4v) is 2.21. The van der Waals surface area contributed by atoms with Gasteiger partial charge in [-0.25, -0.2) is 0 Å². The van der Waals surface area contributed by atoms with Crippen molar-refractivity contribution in [3.05, 3.63) is 35.9 Å². The summed E-state index contributed by atoms with van der Waals surface area (Å²) in [7, 11) is 0. The van der Waals surface area contributed by atoms with Crippen molar-refractivity contribution in [2.75, 3.05) is 19.6 Å². The SMILES string of the molecule is Cl.O=C(CN1CCCCCC1)c1ccccc1. The van der Waals surface area contributed by atoms with Crippen LogP contribution in [-0.4, -0.2) is 30.3 Å². The van der Waals surface area contributed by atoms with E-state index >= 15 is 0 Å². The average Bonchev–Trinajstić information content (AvgIpc) is 2.59. The molecule has 1 heterocycles. The average molecular weight is 254 g/mol. The summed E-state index contributed by atoms with van der Waals surface area (Å²) in [5, 5.41) is 0. The number of Topliss-reactive ketones (excluding diaryl/α,β-unsaturated/α-hetero) is 1. The van der Waals surface area contributed by atoms with Gasteiger partial charge in [0.2, 0.25) is 0 Å². The largest absolute Gasteiger partial charge is 0.296 e. The first-order valence-corrected chi connectivity index (χ1v) is 6.17. The molecule has 0 spiro atoms. The van der Waals surface area contributed by atoms with Crippen molar-refractivity contribution in [3.8, 4) is 0 Å². The van der Waals surface area contributed by atoms with Crippen molar-refractivity contribution in [2.45, 2.75) is 25.7 Å². The highest BCUT2D eigenvalue weighted by Gasteiger charge is 2.13. The molecule has 0 radical (unpaired) electrons. The van der Waals surface area contributed by atoms with Gasteiger partial charge in [0, 0.05) is 5.56 Å². The van der Waals surface area contributed by atoms with Gasteiger partial charge in [-0.3, -0.25) is 9.69 Å². The molecule has 17 heavy (non-hydrogen) atoms. The molecule has 0 atom stereocenters. The van der Waals surface area contributed by atoms with Crippen molar-refractivity contribution >= 4 is 18.2 Å². The number of hydrogen-bond donors (Lipinski definition) is 0. The van der Waals surface area contributed by atoms with Crippen LogP contribution in [0.4, 0.5) is 0 Å². The third-order valence-electron chi connectivity index (χ3n) is 3.16. The predicted octanol–water partition coefficient (Wildman–Crippen LogP) is 3.17. The standard InChI is InChI=1S/C14H19NO.ClH/c16-14(13-8-4-3-5-9-13)12-15-10-6-1-2-7-11-15;/h3-5,8-9H,1-2,6-7,10-12H2;1H. The number of carbonyl (C=O) groups is 1. The fraction of sp³-hybridized carbons (Fsp3) is 0.500. The summed E-state index contributed by atoms with van der Waals surface area (Å²) in [6.45, 7) is 2.75. The van der Waals surface area contributed by atoms with E-state index in [2.05, 4.69) is 4.90 Å². The van der Waals surface area contributed by atoms with Crippen LogP contribution in [0.5, 0.6) is 0 Å². The Morgan fingerprint density at radius 2 is 1.59 bits per heavy atom. The number of ketones is 1. The molecule has 3 heteroatoms. The number of hydrogen-bond acceptors (Lipinski definition) is 2. The van der Waals surface area contributed by atoms with E-state index in [9.17, 15) is 4.79 Å². The van der Waals surface area contributed by atoms with Crippen molar-refractivity contribution in [1.29, 1.82) is 0 Å². The summed E-state index contributed by atoms with van der Waals surface area (Å²) in [4.78, 5) is 14.3. The monoisotopic (exact) mass is 253 g/mol. The first-order chi connectivity index (χ1) is 7.86. The van der Waals surface area contributed by atoms with Crippen LogP contribution in [0, 0.1) is 0 Å². The number of benzene rings is 1. The molecule has 1 aliphatic heterocycles. The molecule has 1 saturated heterocycles. The molecule has 0 bridgehead atoms. The van der Waals surface area contributed by atoms with Gasteiger partial charge in [-0.05, 0) is 25.9 Å². The normalized spacial score (nSPS) is 16.9. The topological polar surface area (TPSA) is 20.3 Å². The fourth-order valence-electron chi connectivity index (χ4n) is 2.21. The Labute approximate surface area is 109 Å². The van der Waals surface area contributed by atoms with Crippen LogP contribution >= 0.6 is 12.4 Å². The summed E-state index contributed by atoms with van der Waals surface area (Å²) in [6.07, 6.45) is 5.11. The van der Waals surface area contributed by atoms with Gasteiger partial charge in [0.25, 0.3) is 0 Å². The van der Waals surface area contributed by atoms with E-state index < -0.39 is 0 Å². The third kappa shape index (κ3) is 4.49. The summed E-state index contributed by atoms with van der Waals surface area (Å²) in [5.74, 6) is 0.252. The quantitative estimate of drug-likeness (QED) is 0.772. The van der Waals surface area contributed by atoms with Gasteiger partial charge < -0.3 is 0 Å². The van der Waals surface area contributed by atoms with Gasteiger partial charge in [0.1, 0.15) is 0 Å². The van der Waals surface area contributed by atoms with Crippen molar-refractivity contribution in [1.82, 2.24) is 4.90 Å². The zero-order valence-electron chi connectivity index (χ0n) is 10.1. The summed E-state index contributed by atoms with van der Waals surface area (Å²) < 4.78 is 0. The summed E-state index contributed by atoms with van der Waals surface area (Å²) >= 11 is 0. The molecule has 1 fully saturated rings. The van der Waals surface area contributed by atoms with Gasteiger partial charge in [-0.1, -0.05) is 43.2 Å². The highest BCUT2D eigenvalue weighted by molar-refractivity contribution is 5.97.